The average Bonchev–Trinajstić information content (AvgIpc) is 2.17. The zero-order valence-corrected chi connectivity index (χ0v) is 8.11. The topological polar surface area (TPSA) is 48.2 Å². The van der Waals surface area contributed by atoms with Crippen LogP contribution in [0.25, 0.3) is 0 Å². The van der Waals surface area contributed by atoms with E-state index in [2.05, 4.69) is 22.0 Å². The maximum Gasteiger partial charge on any atom is 0.145 e. The van der Waals surface area contributed by atoms with Crippen molar-refractivity contribution < 1.29 is 5.21 Å². The van der Waals surface area contributed by atoms with Gasteiger partial charge < -0.3 is 10.1 Å². The molecule has 0 aliphatic carbocycles. The van der Waals surface area contributed by atoms with Gasteiger partial charge in [-0.1, -0.05) is 18.5 Å². The number of oxime groups is 1. The molecule has 4 nitrogen and oxygen atoms in total. The Morgan fingerprint density at radius 3 is 3.23 bits per heavy atom. The van der Waals surface area contributed by atoms with Gasteiger partial charge in [0.2, 0.25) is 0 Å². The summed E-state index contributed by atoms with van der Waals surface area (Å²) >= 11 is 0. The number of hydrogen-bond acceptors (Lipinski definition) is 4. The Balaban J connectivity index is 2.49. The third-order valence-electron chi connectivity index (χ3n) is 2.14. The van der Waals surface area contributed by atoms with Crippen LogP contribution in [0.4, 0.5) is 0 Å². The molecule has 13 heavy (non-hydrogen) atoms. The summed E-state index contributed by atoms with van der Waals surface area (Å²) in [6.45, 7) is 5.07. The SMILES string of the molecule is CCCCN1CCCN=C1C=NO. The van der Waals surface area contributed by atoms with Crippen LogP contribution in [0.3, 0.4) is 0 Å². The first-order valence-electron chi connectivity index (χ1n) is 4.85. The van der Waals surface area contributed by atoms with Gasteiger partial charge in [0.1, 0.15) is 12.1 Å². The van der Waals surface area contributed by atoms with Gasteiger partial charge in [0.25, 0.3) is 0 Å². The van der Waals surface area contributed by atoms with Crippen molar-refractivity contribution in [3.8, 4) is 0 Å². The van der Waals surface area contributed by atoms with E-state index in [0.29, 0.717) is 0 Å². The molecule has 4 heteroatoms. The predicted molar refractivity (Wildman–Crippen MR) is 53.7 cm³/mol. The number of nitrogens with zero attached hydrogens (tertiary/aromatic N) is 3. The molecule has 1 aliphatic rings. The molecule has 0 saturated heterocycles. The number of aliphatic imine (C=N–C) groups is 1. The first-order valence-corrected chi connectivity index (χ1v) is 4.85. The van der Waals surface area contributed by atoms with Crippen LogP contribution in [-0.4, -0.2) is 41.8 Å². The van der Waals surface area contributed by atoms with Gasteiger partial charge in [0.15, 0.2) is 0 Å². The number of amidine groups is 1. The van der Waals surface area contributed by atoms with Crippen molar-refractivity contribution in [3.05, 3.63) is 0 Å². The Morgan fingerprint density at radius 2 is 2.54 bits per heavy atom. The van der Waals surface area contributed by atoms with Crippen molar-refractivity contribution >= 4 is 12.1 Å². The third kappa shape index (κ3) is 3.05. The van der Waals surface area contributed by atoms with Gasteiger partial charge in [-0.25, -0.2) is 0 Å². The van der Waals surface area contributed by atoms with E-state index in [0.717, 1.165) is 38.3 Å². The monoisotopic (exact) mass is 183 g/mol. The van der Waals surface area contributed by atoms with Gasteiger partial charge in [-0.3, -0.25) is 4.99 Å². The van der Waals surface area contributed by atoms with Crippen LogP contribution < -0.4 is 0 Å². The fourth-order valence-electron chi connectivity index (χ4n) is 1.42. The average molecular weight is 183 g/mol. The van der Waals surface area contributed by atoms with Gasteiger partial charge in [-0.2, -0.15) is 0 Å². The summed E-state index contributed by atoms with van der Waals surface area (Å²) in [6, 6.07) is 0. The summed E-state index contributed by atoms with van der Waals surface area (Å²) in [5.74, 6) is 0.821. The van der Waals surface area contributed by atoms with E-state index in [1.165, 1.54) is 12.6 Å². The fraction of sp³-hybridized carbons (Fsp3) is 0.778. The van der Waals surface area contributed by atoms with Crippen molar-refractivity contribution in [2.24, 2.45) is 10.1 Å². The lowest BCUT2D eigenvalue weighted by Crippen LogP contribution is -2.37. The minimum Gasteiger partial charge on any atom is -0.411 e. The molecule has 1 N–H and O–H groups in total. The number of rotatable bonds is 4. The molecule has 0 fully saturated rings. The Morgan fingerprint density at radius 1 is 1.69 bits per heavy atom. The highest BCUT2D eigenvalue weighted by molar-refractivity contribution is 6.29. The van der Waals surface area contributed by atoms with E-state index in [1.807, 2.05) is 0 Å². The Bertz CT molecular complexity index is 201. The van der Waals surface area contributed by atoms with E-state index in [9.17, 15) is 0 Å². The van der Waals surface area contributed by atoms with Crippen molar-refractivity contribution in [2.45, 2.75) is 26.2 Å². The van der Waals surface area contributed by atoms with Crippen LogP contribution >= 0.6 is 0 Å². The molecule has 0 unspecified atom stereocenters. The van der Waals surface area contributed by atoms with Crippen molar-refractivity contribution in [1.29, 1.82) is 0 Å². The molecule has 1 rings (SSSR count). The number of unbranched alkanes of at least 4 members (excludes halogenated alkanes) is 1. The second-order valence-electron chi connectivity index (χ2n) is 3.18. The molecule has 0 aromatic carbocycles. The van der Waals surface area contributed by atoms with Crippen LogP contribution in [0.15, 0.2) is 10.1 Å². The molecule has 0 bridgehead atoms. The zero-order chi connectivity index (χ0) is 9.52. The summed E-state index contributed by atoms with van der Waals surface area (Å²) in [5, 5.41) is 11.4. The molecular weight excluding hydrogens is 166 g/mol. The molecule has 0 spiro atoms. The highest BCUT2D eigenvalue weighted by atomic mass is 16.4. The van der Waals surface area contributed by atoms with Crippen LogP contribution in [0.5, 0.6) is 0 Å². The first kappa shape index (κ1) is 10.0. The minimum absolute atomic E-state index is 0.821. The predicted octanol–water partition coefficient (Wildman–Crippen LogP) is 1.35. The molecule has 1 aliphatic heterocycles. The summed E-state index contributed by atoms with van der Waals surface area (Å²) < 4.78 is 0. The van der Waals surface area contributed by atoms with Crippen molar-refractivity contribution in [3.63, 3.8) is 0 Å². The smallest absolute Gasteiger partial charge is 0.145 e. The Hall–Kier alpha value is -1.06. The molecular formula is C9H17N3O. The lowest BCUT2D eigenvalue weighted by atomic mass is 10.2. The van der Waals surface area contributed by atoms with Crippen LogP contribution in [0.1, 0.15) is 26.2 Å². The first-order chi connectivity index (χ1) is 6.38. The quantitative estimate of drug-likeness (QED) is 0.406. The van der Waals surface area contributed by atoms with Gasteiger partial charge >= 0.3 is 0 Å². The Labute approximate surface area is 79.0 Å². The second-order valence-corrected chi connectivity index (χ2v) is 3.18. The van der Waals surface area contributed by atoms with Gasteiger partial charge in [0, 0.05) is 19.6 Å². The van der Waals surface area contributed by atoms with E-state index >= 15 is 0 Å². The van der Waals surface area contributed by atoms with Crippen molar-refractivity contribution in [2.75, 3.05) is 19.6 Å². The zero-order valence-electron chi connectivity index (χ0n) is 8.11. The highest BCUT2D eigenvalue weighted by Gasteiger charge is 2.12. The van der Waals surface area contributed by atoms with Crippen LogP contribution in [0, 0.1) is 0 Å². The van der Waals surface area contributed by atoms with E-state index in [1.54, 1.807) is 0 Å². The summed E-state index contributed by atoms with van der Waals surface area (Å²) in [6.07, 6.45) is 4.87. The van der Waals surface area contributed by atoms with E-state index in [4.69, 9.17) is 5.21 Å². The standard InChI is InChI=1S/C9H17N3O/c1-2-3-6-12-7-4-5-10-9(12)8-11-13/h8,13H,2-7H2,1H3. The molecule has 0 radical (unpaired) electrons. The third-order valence-corrected chi connectivity index (χ3v) is 2.14. The summed E-state index contributed by atoms with van der Waals surface area (Å²) in [5.41, 5.74) is 0. The molecule has 0 atom stereocenters. The molecule has 74 valence electrons. The minimum atomic E-state index is 0.821. The second kappa shape index (κ2) is 5.56. The maximum absolute atomic E-state index is 8.42. The molecule has 0 aromatic heterocycles. The van der Waals surface area contributed by atoms with Crippen LogP contribution in [0.2, 0.25) is 0 Å². The number of hydrogen-bond donors (Lipinski definition) is 1. The summed E-state index contributed by atoms with van der Waals surface area (Å²) in [4.78, 5) is 6.46. The molecule has 1 heterocycles. The lowest BCUT2D eigenvalue weighted by molar-refractivity contribution is 0.320. The molecule has 0 amide bonds. The molecule has 0 aromatic rings. The van der Waals surface area contributed by atoms with Gasteiger partial charge in [-0.15, -0.1) is 0 Å². The highest BCUT2D eigenvalue weighted by Crippen LogP contribution is 2.03. The maximum atomic E-state index is 8.42. The molecule has 0 saturated carbocycles. The summed E-state index contributed by atoms with van der Waals surface area (Å²) in [7, 11) is 0. The van der Waals surface area contributed by atoms with Gasteiger partial charge in [-0.05, 0) is 12.8 Å². The largest absolute Gasteiger partial charge is 0.411 e. The van der Waals surface area contributed by atoms with Crippen LogP contribution in [-0.2, 0) is 0 Å². The van der Waals surface area contributed by atoms with Gasteiger partial charge in [0.05, 0.1) is 0 Å². The lowest BCUT2D eigenvalue weighted by Gasteiger charge is -2.26. The van der Waals surface area contributed by atoms with E-state index in [-0.39, 0.29) is 0 Å². The van der Waals surface area contributed by atoms with E-state index < -0.39 is 0 Å². The van der Waals surface area contributed by atoms with Crippen molar-refractivity contribution in [1.82, 2.24) is 4.90 Å². The Kier molecular flexibility index (Phi) is 4.29. The normalized spacial score (nSPS) is 17.9. The fourth-order valence-corrected chi connectivity index (χ4v) is 1.42.